The number of hydrogen-bond acceptors (Lipinski definition) is 5. The molecule has 2 N–H and O–H groups in total. The van der Waals surface area contributed by atoms with Crippen molar-refractivity contribution in [1.29, 1.82) is 0 Å². The van der Waals surface area contributed by atoms with Crippen LogP contribution in [-0.2, 0) is 9.53 Å². The topological polar surface area (TPSA) is 58.6 Å². The summed E-state index contributed by atoms with van der Waals surface area (Å²) in [5.74, 6) is 2.79. The van der Waals surface area contributed by atoms with E-state index in [0.29, 0.717) is 18.9 Å². The van der Waals surface area contributed by atoms with Gasteiger partial charge in [0.15, 0.2) is 0 Å². The lowest BCUT2D eigenvalue weighted by Crippen LogP contribution is -2.28. The van der Waals surface area contributed by atoms with Crippen LogP contribution < -0.4 is 5.32 Å². The number of hydrogen-bond donors (Lipinski definition) is 2. The summed E-state index contributed by atoms with van der Waals surface area (Å²) in [6.07, 6.45) is 4.50. The Balaban J connectivity index is 3.11. The first kappa shape index (κ1) is 16.1. The molecule has 1 amide bonds. The second-order valence-corrected chi connectivity index (χ2v) is 5.23. The van der Waals surface area contributed by atoms with Crippen molar-refractivity contribution in [2.45, 2.75) is 12.8 Å². The number of thioether (sulfide) groups is 2. The summed E-state index contributed by atoms with van der Waals surface area (Å²) >= 11 is 3.52. The molecule has 0 atom stereocenters. The van der Waals surface area contributed by atoms with E-state index in [1.54, 1.807) is 11.8 Å². The zero-order chi connectivity index (χ0) is 12.1. The fourth-order valence-electron chi connectivity index (χ4n) is 0.994. The lowest BCUT2D eigenvalue weighted by Gasteiger charge is -2.04. The highest BCUT2D eigenvalue weighted by Crippen LogP contribution is 2.06. The molecule has 0 aromatic rings. The molecule has 0 aromatic carbocycles. The highest BCUT2D eigenvalue weighted by Gasteiger charge is 2.00. The molecule has 0 radical (unpaired) electrons. The van der Waals surface area contributed by atoms with Crippen molar-refractivity contribution in [1.82, 2.24) is 5.32 Å². The maximum absolute atomic E-state index is 11.2. The Labute approximate surface area is 106 Å². The second kappa shape index (κ2) is 13.2. The van der Waals surface area contributed by atoms with E-state index < -0.39 is 0 Å². The van der Waals surface area contributed by atoms with Gasteiger partial charge in [0, 0.05) is 6.54 Å². The van der Waals surface area contributed by atoms with Crippen molar-refractivity contribution in [2.75, 3.05) is 43.5 Å². The minimum atomic E-state index is -0.292. The fourth-order valence-corrected chi connectivity index (χ4v) is 2.33. The van der Waals surface area contributed by atoms with Gasteiger partial charge in [0.2, 0.25) is 5.91 Å². The summed E-state index contributed by atoms with van der Waals surface area (Å²) in [4.78, 5) is 11.2. The van der Waals surface area contributed by atoms with Gasteiger partial charge in [-0.25, -0.2) is 0 Å². The van der Waals surface area contributed by atoms with Gasteiger partial charge >= 0.3 is 0 Å². The molecule has 0 rings (SSSR count). The van der Waals surface area contributed by atoms with Gasteiger partial charge in [-0.3, -0.25) is 4.79 Å². The number of aliphatic hydroxyl groups is 1. The summed E-state index contributed by atoms with van der Waals surface area (Å²) in [5.41, 5.74) is 0. The Morgan fingerprint density at radius 3 is 2.81 bits per heavy atom. The Morgan fingerprint density at radius 2 is 2.12 bits per heavy atom. The van der Waals surface area contributed by atoms with Gasteiger partial charge in [-0.1, -0.05) is 0 Å². The first-order valence-corrected chi connectivity index (χ1v) is 7.88. The van der Waals surface area contributed by atoms with Crippen molar-refractivity contribution in [3.05, 3.63) is 0 Å². The molecule has 96 valence electrons. The minimum absolute atomic E-state index is 0.0383. The Kier molecular flexibility index (Phi) is 13.2. The van der Waals surface area contributed by atoms with Gasteiger partial charge in [0.05, 0.1) is 12.4 Å². The third-order valence-corrected chi connectivity index (χ3v) is 3.52. The average Bonchev–Trinajstić information content (AvgIpc) is 2.29. The Bertz CT molecular complexity index is 170. The van der Waals surface area contributed by atoms with Crippen LogP contribution in [0.25, 0.3) is 0 Å². The van der Waals surface area contributed by atoms with E-state index in [1.807, 2.05) is 11.8 Å². The van der Waals surface area contributed by atoms with E-state index in [0.717, 1.165) is 5.75 Å². The molecule has 4 nitrogen and oxygen atoms in total. The molecule has 0 bridgehead atoms. The van der Waals surface area contributed by atoms with Crippen LogP contribution >= 0.6 is 23.5 Å². The molecule has 0 aliphatic rings. The molecule has 0 saturated carbocycles. The van der Waals surface area contributed by atoms with E-state index in [2.05, 4.69) is 16.3 Å². The second-order valence-electron chi connectivity index (χ2n) is 3.14. The molecular formula is C10H21NO3S2. The number of ether oxygens (including phenoxy) is 1. The van der Waals surface area contributed by atoms with Crippen LogP contribution in [0.15, 0.2) is 0 Å². The third kappa shape index (κ3) is 12.2. The first-order valence-electron chi connectivity index (χ1n) is 5.33. The van der Waals surface area contributed by atoms with Crippen molar-refractivity contribution < 1.29 is 14.6 Å². The maximum Gasteiger partial charge on any atom is 0.230 e. The van der Waals surface area contributed by atoms with Crippen LogP contribution in [-0.4, -0.2) is 54.5 Å². The number of amides is 1. The van der Waals surface area contributed by atoms with Crippen molar-refractivity contribution >= 4 is 29.4 Å². The van der Waals surface area contributed by atoms with Gasteiger partial charge in [-0.15, -0.1) is 0 Å². The number of carbonyl (C=O) groups excluding carboxylic acids is 1. The Hall–Kier alpha value is 0.0900. The number of unbranched alkanes of at least 4 members (excludes halogenated alkanes) is 1. The maximum atomic E-state index is 11.2. The molecule has 0 aliphatic heterocycles. The zero-order valence-electron chi connectivity index (χ0n) is 9.74. The number of carbonyl (C=O) groups is 1. The number of aliphatic hydroxyl groups excluding tert-OH is 1. The lowest BCUT2D eigenvalue weighted by atomic mass is 10.4. The Morgan fingerprint density at radius 1 is 1.38 bits per heavy atom. The minimum Gasteiger partial charge on any atom is -0.371 e. The van der Waals surface area contributed by atoms with Crippen LogP contribution in [0, 0.1) is 0 Å². The molecule has 16 heavy (non-hydrogen) atoms. The highest BCUT2D eigenvalue weighted by molar-refractivity contribution is 8.00. The summed E-state index contributed by atoms with van der Waals surface area (Å²) in [6.45, 7) is 0.535. The third-order valence-electron chi connectivity index (χ3n) is 1.78. The van der Waals surface area contributed by atoms with E-state index in [-0.39, 0.29) is 12.7 Å². The molecule has 0 aromatic heterocycles. The monoisotopic (exact) mass is 267 g/mol. The molecule has 0 spiro atoms. The van der Waals surface area contributed by atoms with Crippen LogP contribution in [0.5, 0.6) is 0 Å². The van der Waals surface area contributed by atoms with E-state index >= 15 is 0 Å². The van der Waals surface area contributed by atoms with Gasteiger partial charge in [-0.05, 0) is 30.6 Å². The normalized spacial score (nSPS) is 10.4. The average molecular weight is 267 g/mol. The van der Waals surface area contributed by atoms with E-state index in [1.165, 1.54) is 18.6 Å². The van der Waals surface area contributed by atoms with Crippen molar-refractivity contribution in [3.63, 3.8) is 0 Å². The number of nitrogens with one attached hydrogen (secondary N) is 1. The van der Waals surface area contributed by atoms with E-state index in [4.69, 9.17) is 5.11 Å². The van der Waals surface area contributed by atoms with Gasteiger partial charge < -0.3 is 15.2 Å². The first-order chi connectivity index (χ1) is 7.81. The van der Waals surface area contributed by atoms with Crippen molar-refractivity contribution in [3.8, 4) is 0 Å². The molecule has 6 heteroatoms. The van der Waals surface area contributed by atoms with Crippen LogP contribution in [0.1, 0.15) is 12.8 Å². The quantitative estimate of drug-likeness (QED) is 0.431. The molecule has 0 unspecified atom stereocenters. The summed E-state index contributed by atoms with van der Waals surface area (Å²) < 4.78 is 4.69. The standard InChI is InChI=1S/C10H21NO3S2/c1-15-6-2-3-7-16-8-10(13)11-4-5-14-9-12/h12H,2-9H2,1H3,(H,11,13). The van der Waals surface area contributed by atoms with Crippen LogP contribution in [0.2, 0.25) is 0 Å². The van der Waals surface area contributed by atoms with Crippen molar-refractivity contribution in [2.24, 2.45) is 0 Å². The SMILES string of the molecule is CSCCCCSCC(=O)NCCOCO. The largest absolute Gasteiger partial charge is 0.371 e. The fraction of sp³-hybridized carbons (Fsp3) is 0.900. The smallest absolute Gasteiger partial charge is 0.230 e. The summed E-state index contributed by atoms with van der Waals surface area (Å²) in [7, 11) is 0. The molecule has 0 aliphatic carbocycles. The molecule has 0 saturated heterocycles. The zero-order valence-corrected chi connectivity index (χ0v) is 11.4. The highest BCUT2D eigenvalue weighted by atomic mass is 32.2. The van der Waals surface area contributed by atoms with Crippen LogP contribution in [0.3, 0.4) is 0 Å². The van der Waals surface area contributed by atoms with Gasteiger partial charge in [0.25, 0.3) is 0 Å². The lowest BCUT2D eigenvalue weighted by molar-refractivity contribution is -0.119. The number of rotatable bonds is 11. The van der Waals surface area contributed by atoms with Gasteiger partial charge in [-0.2, -0.15) is 23.5 Å². The predicted molar refractivity (Wildman–Crippen MR) is 71.0 cm³/mol. The van der Waals surface area contributed by atoms with E-state index in [9.17, 15) is 4.79 Å². The van der Waals surface area contributed by atoms with Gasteiger partial charge in [0.1, 0.15) is 6.79 Å². The summed E-state index contributed by atoms with van der Waals surface area (Å²) in [6, 6.07) is 0. The molecule has 0 heterocycles. The molecule has 0 fully saturated rings. The van der Waals surface area contributed by atoms with Crippen LogP contribution in [0.4, 0.5) is 0 Å². The summed E-state index contributed by atoms with van der Waals surface area (Å²) in [5, 5.41) is 11.1. The predicted octanol–water partition coefficient (Wildman–Crippen LogP) is 0.945. The molecular weight excluding hydrogens is 246 g/mol.